The molecule has 1 aliphatic carbocycles. The van der Waals surface area contributed by atoms with Gasteiger partial charge in [0.2, 0.25) is 0 Å². The minimum absolute atomic E-state index is 0.174. The van der Waals surface area contributed by atoms with E-state index in [1.165, 1.54) is 29.5 Å². The third-order valence-electron chi connectivity index (χ3n) is 5.59. The Labute approximate surface area is 140 Å². The van der Waals surface area contributed by atoms with Gasteiger partial charge in [-0.1, -0.05) is 75.7 Å². The average Bonchev–Trinajstić information content (AvgIpc) is 2.52. The maximum atomic E-state index is 10.8. The number of benzene rings is 2. The van der Waals surface area contributed by atoms with E-state index in [4.69, 9.17) is 0 Å². The smallest absolute Gasteiger partial charge is 0.104 e. The second-order valence-corrected chi connectivity index (χ2v) is 8.39. The highest BCUT2D eigenvalue weighted by molar-refractivity contribution is 5.45. The van der Waals surface area contributed by atoms with Gasteiger partial charge in [-0.3, -0.25) is 0 Å². The molecular formula is C22H28O. The first-order chi connectivity index (χ1) is 10.7. The second kappa shape index (κ2) is 5.49. The minimum atomic E-state index is -0.554. The molecular weight excluding hydrogens is 280 g/mol. The summed E-state index contributed by atoms with van der Waals surface area (Å²) in [7, 11) is 0. The van der Waals surface area contributed by atoms with Crippen LogP contribution in [0.25, 0.3) is 0 Å². The number of fused-ring (bicyclic) bond motifs is 1. The molecule has 23 heavy (non-hydrogen) atoms. The van der Waals surface area contributed by atoms with E-state index in [2.05, 4.69) is 65.0 Å². The zero-order chi connectivity index (χ0) is 16.8. The fourth-order valence-corrected chi connectivity index (χ4v) is 3.72. The topological polar surface area (TPSA) is 20.2 Å². The highest BCUT2D eigenvalue weighted by Gasteiger charge is 2.37. The molecule has 0 saturated carbocycles. The fraction of sp³-hybridized carbons (Fsp3) is 0.455. The van der Waals surface area contributed by atoms with Gasteiger partial charge in [0.05, 0.1) is 0 Å². The first kappa shape index (κ1) is 16.3. The molecule has 0 saturated heterocycles. The van der Waals surface area contributed by atoms with E-state index in [1.54, 1.807) is 0 Å². The van der Waals surface area contributed by atoms with Crippen LogP contribution in [0.5, 0.6) is 0 Å². The van der Waals surface area contributed by atoms with Crippen LogP contribution in [0.2, 0.25) is 0 Å². The molecule has 1 unspecified atom stereocenters. The van der Waals surface area contributed by atoms with Crippen molar-refractivity contribution in [1.82, 2.24) is 0 Å². The van der Waals surface area contributed by atoms with Gasteiger partial charge in [-0.25, -0.2) is 0 Å². The summed E-state index contributed by atoms with van der Waals surface area (Å²) < 4.78 is 0. The molecule has 1 atom stereocenters. The fourth-order valence-electron chi connectivity index (χ4n) is 3.72. The number of aryl methyl sites for hydroxylation is 1. The Hall–Kier alpha value is -1.60. The number of aliphatic hydroxyl groups is 1. The lowest BCUT2D eigenvalue weighted by molar-refractivity contribution is 0.219. The van der Waals surface area contributed by atoms with Gasteiger partial charge in [-0.05, 0) is 52.8 Å². The first-order valence-electron chi connectivity index (χ1n) is 8.60. The van der Waals surface area contributed by atoms with Crippen molar-refractivity contribution in [3.8, 4) is 0 Å². The van der Waals surface area contributed by atoms with Crippen molar-refractivity contribution in [3.63, 3.8) is 0 Å². The molecule has 1 heteroatoms. The zero-order valence-electron chi connectivity index (χ0n) is 15.0. The van der Waals surface area contributed by atoms with Crippen molar-refractivity contribution in [3.05, 3.63) is 70.3 Å². The van der Waals surface area contributed by atoms with Crippen LogP contribution in [-0.2, 0) is 10.8 Å². The van der Waals surface area contributed by atoms with Gasteiger partial charge in [0, 0.05) is 0 Å². The number of hydrogen-bond donors (Lipinski definition) is 1. The van der Waals surface area contributed by atoms with Gasteiger partial charge in [0.25, 0.3) is 0 Å². The molecule has 0 heterocycles. The minimum Gasteiger partial charge on any atom is -0.384 e. The van der Waals surface area contributed by atoms with E-state index >= 15 is 0 Å². The summed E-state index contributed by atoms with van der Waals surface area (Å²) in [5.74, 6) is 0. The summed E-state index contributed by atoms with van der Waals surface area (Å²) >= 11 is 0. The van der Waals surface area contributed by atoms with Crippen molar-refractivity contribution >= 4 is 0 Å². The van der Waals surface area contributed by atoms with Crippen LogP contribution in [0.3, 0.4) is 0 Å². The largest absolute Gasteiger partial charge is 0.384 e. The molecule has 0 spiro atoms. The summed E-state index contributed by atoms with van der Waals surface area (Å²) in [6, 6.07) is 14.7. The Morgan fingerprint density at radius 1 is 0.783 bits per heavy atom. The van der Waals surface area contributed by atoms with E-state index in [0.717, 1.165) is 11.1 Å². The normalized spacial score (nSPS) is 19.9. The van der Waals surface area contributed by atoms with Crippen molar-refractivity contribution in [1.29, 1.82) is 0 Å². The standard InChI is InChI=1S/C22H28O/c1-15-6-8-16(9-7-15)20(23)17-10-11-18-19(14-17)22(4,5)13-12-21(18,2)3/h6-11,14,20,23H,12-13H2,1-5H3. The van der Waals surface area contributed by atoms with Crippen LogP contribution in [0.1, 0.15) is 74.5 Å². The lowest BCUT2D eigenvalue weighted by Crippen LogP contribution is -2.34. The second-order valence-electron chi connectivity index (χ2n) is 8.39. The molecule has 122 valence electrons. The van der Waals surface area contributed by atoms with Crippen molar-refractivity contribution < 1.29 is 5.11 Å². The average molecular weight is 308 g/mol. The molecule has 0 radical (unpaired) electrons. The van der Waals surface area contributed by atoms with Gasteiger partial charge in [0.1, 0.15) is 6.10 Å². The van der Waals surface area contributed by atoms with Crippen molar-refractivity contribution in [2.75, 3.05) is 0 Å². The predicted octanol–water partition coefficient (Wildman–Crippen LogP) is 5.43. The Morgan fingerprint density at radius 2 is 1.30 bits per heavy atom. The molecule has 0 aliphatic heterocycles. The van der Waals surface area contributed by atoms with E-state index in [1.807, 2.05) is 12.1 Å². The summed E-state index contributed by atoms with van der Waals surface area (Å²) in [6.45, 7) is 11.4. The Morgan fingerprint density at radius 3 is 1.91 bits per heavy atom. The molecule has 1 nitrogen and oxygen atoms in total. The molecule has 1 N–H and O–H groups in total. The molecule has 1 aliphatic rings. The Balaban J connectivity index is 2.04. The third-order valence-corrected chi connectivity index (χ3v) is 5.59. The molecule has 2 aromatic carbocycles. The summed E-state index contributed by atoms with van der Waals surface area (Å²) in [4.78, 5) is 0. The quantitative estimate of drug-likeness (QED) is 0.784. The molecule has 0 bridgehead atoms. The maximum Gasteiger partial charge on any atom is 0.104 e. The molecule has 3 rings (SSSR count). The van der Waals surface area contributed by atoms with E-state index < -0.39 is 6.10 Å². The van der Waals surface area contributed by atoms with Crippen molar-refractivity contribution in [2.24, 2.45) is 0 Å². The van der Waals surface area contributed by atoms with Crippen LogP contribution in [-0.4, -0.2) is 5.11 Å². The lowest BCUT2D eigenvalue weighted by Gasteiger charge is -2.42. The summed E-state index contributed by atoms with van der Waals surface area (Å²) in [6.07, 6.45) is 1.85. The van der Waals surface area contributed by atoms with Gasteiger partial charge >= 0.3 is 0 Å². The SMILES string of the molecule is Cc1ccc(C(O)c2ccc3c(c2)C(C)(C)CCC3(C)C)cc1. The molecule has 0 aromatic heterocycles. The monoisotopic (exact) mass is 308 g/mol. The van der Waals surface area contributed by atoms with Crippen LogP contribution in [0.15, 0.2) is 42.5 Å². The first-order valence-corrected chi connectivity index (χ1v) is 8.60. The van der Waals surface area contributed by atoms with Gasteiger partial charge in [0.15, 0.2) is 0 Å². The summed E-state index contributed by atoms with van der Waals surface area (Å²) in [5.41, 5.74) is 6.41. The van der Waals surface area contributed by atoms with Crippen LogP contribution in [0.4, 0.5) is 0 Å². The predicted molar refractivity (Wildman–Crippen MR) is 97.0 cm³/mol. The number of hydrogen-bond acceptors (Lipinski definition) is 1. The Kier molecular flexibility index (Phi) is 3.88. The highest BCUT2D eigenvalue weighted by atomic mass is 16.3. The van der Waals surface area contributed by atoms with Crippen LogP contribution >= 0.6 is 0 Å². The lowest BCUT2D eigenvalue weighted by atomic mass is 9.63. The number of rotatable bonds is 2. The van der Waals surface area contributed by atoms with Crippen LogP contribution < -0.4 is 0 Å². The van der Waals surface area contributed by atoms with Gasteiger partial charge in [-0.15, -0.1) is 0 Å². The van der Waals surface area contributed by atoms with E-state index in [0.29, 0.717) is 0 Å². The van der Waals surface area contributed by atoms with Gasteiger partial charge < -0.3 is 5.11 Å². The molecule has 2 aromatic rings. The summed E-state index contributed by atoms with van der Waals surface area (Å²) in [5, 5.41) is 10.8. The van der Waals surface area contributed by atoms with Gasteiger partial charge in [-0.2, -0.15) is 0 Å². The maximum absolute atomic E-state index is 10.8. The van der Waals surface area contributed by atoms with Crippen LogP contribution in [0, 0.1) is 6.92 Å². The number of aliphatic hydroxyl groups excluding tert-OH is 1. The molecule has 0 amide bonds. The van der Waals surface area contributed by atoms with E-state index in [-0.39, 0.29) is 10.8 Å². The Bertz CT molecular complexity index is 707. The van der Waals surface area contributed by atoms with E-state index in [9.17, 15) is 5.11 Å². The third kappa shape index (κ3) is 2.95. The zero-order valence-corrected chi connectivity index (χ0v) is 15.0. The molecule has 0 fully saturated rings. The van der Waals surface area contributed by atoms with Crippen molar-refractivity contribution in [2.45, 2.75) is 64.4 Å². The highest BCUT2D eigenvalue weighted by Crippen LogP contribution is 2.46.